The molecule has 0 aliphatic heterocycles. The van der Waals surface area contributed by atoms with E-state index in [-0.39, 0.29) is 25.4 Å². The maximum atomic E-state index is 13.6. The molecule has 25 heavy (non-hydrogen) atoms. The van der Waals surface area contributed by atoms with Crippen molar-refractivity contribution in [2.75, 3.05) is 23.7 Å². The molecule has 2 aromatic rings. The van der Waals surface area contributed by atoms with Crippen LogP contribution in [0.3, 0.4) is 0 Å². The highest BCUT2D eigenvalue weighted by Gasteiger charge is 2.19. The standard InChI is InChI=1S/C18H21FN2O3S/c1-14-7-3-6-10-17(14)21(25(2,23)24)12-11-20-18(22)13-15-8-4-5-9-16(15)19/h3-10H,11-13H2,1-2H3,(H,20,22). The first-order valence-corrected chi connectivity index (χ1v) is 9.67. The van der Waals surface area contributed by atoms with E-state index in [1.54, 1.807) is 30.3 Å². The van der Waals surface area contributed by atoms with Gasteiger partial charge in [0, 0.05) is 6.54 Å². The predicted octanol–water partition coefficient (Wildman–Crippen LogP) is 2.26. The summed E-state index contributed by atoms with van der Waals surface area (Å²) < 4.78 is 38.9. The fourth-order valence-electron chi connectivity index (χ4n) is 2.48. The monoisotopic (exact) mass is 364 g/mol. The van der Waals surface area contributed by atoms with E-state index in [2.05, 4.69) is 5.32 Å². The van der Waals surface area contributed by atoms with Crippen molar-refractivity contribution in [2.24, 2.45) is 0 Å². The molecule has 0 saturated heterocycles. The molecule has 0 atom stereocenters. The Kier molecular flexibility index (Phi) is 6.14. The highest BCUT2D eigenvalue weighted by molar-refractivity contribution is 7.92. The first kappa shape index (κ1) is 18.9. The number of carbonyl (C=O) groups is 1. The van der Waals surface area contributed by atoms with Gasteiger partial charge in [-0.25, -0.2) is 12.8 Å². The van der Waals surface area contributed by atoms with Crippen LogP contribution < -0.4 is 9.62 Å². The molecule has 5 nitrogen and oxygen atoms in total. The van der Waals surface area contributed by atoms with Gasteiger partial charge in [-0.05, 0) is 30.2 Å². The molecule has 2 aromatic carbocycles. The van der Waals surface area contributed by atoms with E-state index in [0.717, 1.165) is 11.8 Å². The summed E-state index contributed by atoms with van der Waals surface area (Å²) >= 11 is 0. The summed E-state index contributed by atoms with van der Waals surface area (Å²) in [7, 11) is -3.48. The third kappa shape index (κ3) is 5.29. The van der Waals surface area contributed by atoms with Gasteiger partial charge in [0.1, 0.15) is 5.82 Å². The average Bonchev–Trinajstić information content (AvgIpc) is 2.54. The van der Waals surface area contributed by atoms with Gasteiger partial charge in [-0.1, -0.05) is 36.4 Å². The van der Waals surface area contributed by atoms with Crippen molar-refractivity contribution < 1.29 is 17.6 Å². The summed E-state index contributed by atoms with van der Waals surface area (Å²) in [6.07, 6.45) is 1.04. The Balaban J connectivity index is 1.99. The van der Waals surface area contributed by atoms with Crippen molar-refractivity contribution in [2.45, 2.75) is 13.3 Å². The number of amides is 1. The number of aryl methyl sites for hydroxylation is 1. The fourth-order valence-corrected chi connectivity index (χ4v) is 3.47. The summed E-state index contributed by atoms with van der Waals surface area (Å²) in [5.74, 6) is -0.793. The number of benzene rings is 2. The Hall–Kier alpha value is -2.41. The second-order valence-corrected chi connectivity index (χ2v) is 7.65. The van der Waals surface area contributed by atoms with E-state index in [0.29, 0.717) is 11.3 Å². The third-order valence-electron chi connectivity index (χ3n) is 3.73. The molecular formula is C18H21FN2O3S. The smallest absolute Gasteiger partial charge is 0.232 e. The summed E-state index contributed by atoms with van der Waals surface area (Å²) in [4.78, 5) is 12.0. The Labute approximate surface area is 147 Å². The van der Waals surface area contributed by atoms with E-state index in [9.17, 15) is 17.6 Å². The summed E-state index contributed by atoms with van der Waals surface area (Å²) in [5, 5.41) is 2.64. The Morgan fingerprint density at radius 3 is 2.40 bits per heavy atom. The van der Waals surface area contributed by atoms with Gasteiger partial charge in [-0.2, -0.15) is 0 Å². The van der Waals surface area contributed by atoms with Gasteiger partial charge in [0.15, 0.2) is 0 Å². The lowest BCUT2D eigenvalue weighted by atomic mass is 10.1. The van der Waals surface area contributed by atoms with Crippen LogP contribution in [0.1, 0.15) is 11.1 Å². The Morgan fingerprint density at radius 1 is 1.12 bits per heavy atom. The van der Waals surface area contributed by atoms with Gasteiger partial charge >= 0.3 is 0 Å². The molecule has 134 valence electrons. The Bertz CT molecular complexity index is 853. The molecule has 0 aromatic heterocycles. The molecule has 0 saturated carbocycles. The van der Waals surface area contributed by atoms with Crippen LogP contribution in [-0.2, 0) is 21.2 Å². The third-order valence-corrected chi connectivity index (χ3v) is 4.91. The first-order valence-electron chi connectivity index (χ1n) is 7.82. The topological polar surface area (TPSA) is 66.5 Å². The lowest BCUT2D eigenvalue weighted by Gasteiger charge is -2.24. The van der Waals surface area contributed by atoms with Gasteiger partial charge in [0.05, 0.1) is 24.9 Å². The maximum absolute atomic E-state index is 13.6. The second kappa shape index (κ2) is 8.11. The van der Waals surface area contributed by atoms with Crippen LogP contribution in [0.4, 0.5) is 10.1 Å². The van der Waals surface area contributed by atoms with Crippen molar-refractivity contribution in [3.8, 4) is 0 Å². The molecule has 0 bridgehead atoms. The zero-order chi connectivity index (χ0) is 18.4. The summed E-state index contributed by atoms with van der Waals surface area (Å²) in [5.41, 5.74) is 1.71. The quantitative estimate of drug-likeness (QED) is 0.819. The maximum Gasteiger partial charge on any atom is 0.232 e. The summed E-state index contributed by atoms with van der Waals surface area (Å²) in [6.45, 7) is 2.06. The number of rotatable bonds is 7. The molecule has 0 fully saturated rings. The lowest BCUT2D eigenvalue weighted by Crippen LogP contribution is -2.39. The van der Waals surface area contributed by atoms with Crippen LogP contribution >= 0.6 is 0 Å². The second-order valence-electron chi connectivity index (χ2n) is 5.74. The largest absolute Gasteiger partial charge is 0.354 e. The predicted molar refractivity (Wildman–Crippen MR) is 96.5 cm³/mol. The van der Waals surface area contributed by atoms with Gasteiger partial charge in [-0.3, -0.25) is 9.10 Å². The number of para-hydroxylation sites is 1. The van der Waals surface area contributed by atoms with Crippen LogP contribution in [0.2, 0.25) is 0 Å². The normalized spacial score (nSPS) is 11.2. The van der Waals surface area contributed by atoms with E-state index in [1.807, 2.05) is 19.1 Å². The van der Waals surface area contributed by atoms with E-state index >= 15 is 0 Å². The van der Waals surface area contributed by atoms with Crippen molar-refractivity contribution >= 4 is 21.6 Å². The molecular weight excluding hydrogens is 343 g/mol. The number of hydrogen-bond donors (Lipinski definition) is 1. The number of carbonyl (C=O) groups excluding carboxylic acids is 1. The van der Waals surface area contributed by atoms with Crippen molar-refractivity contribution in [1.82, 2.24) is 5.32 Å². The molecule has 0 radical (unpaired) electrons. The molecule has 0 heterocycles. The zero-order valence-corrected chi connectivity index (χ0v) is 15.0. The van der Waals surface area contributed by atoms with Gasteiger partial charge in [0.2, 0.25) is 15.9 Å². The Morgan fingerprint density at radius 2 is 1.76 bits per heavy atom. The average molecular weight is 364 g/mol. The molecule has 0 unspecified atom stereocenters. The molecule has 1 N–H and O–H groups in total. The van der Waals surface area contributed by atoms with Crippen LogP contribution in [0.15, 0.2) is 48.5 Å². The number of sulfonamides is 1. The van der Waals surface area contributed by atoms with Gasteiger partial charge in [-0.15, -0.1) is 0 Å². The van der Waals surface area contributed by atoms with Crippen molar-refractivity contribution in [1.29, 1.82) is 0 Å². The minimum absolute atomic E-state index is 0.0874. The van der Waals surface area contributed by atoms with Gasteiger partial charge < -0.3 is 5.32 Å². The van der Waals surface area contributed by atoms with Crippen molar-refractivity contribution in [3.05, 3.63) is 65.5 Å². The number of hydrogen-bond acceptors (Lipinski definition) is 3. The molecule has 7 heteroatoms. The molecule has 0 aliphatic carbocycles. The van der Waals surface area contributed by atoms with E-state index in [4.69, 9.17) is 0 Å². The zero-order valence-electron chi connectivity index (χ0n) is 14.2. The first-order chi connectivity index (χ1) is 11.8. The fraction of sp³-hybridized carbons (Fsp3) is 0.278. The number of anilines is 1. The number of nitrogens with zero attached hydrogens (tertiary/aromatic N) is 1. The van der Waals surface area contributed by atoms with E-state index < -0.39 is 15.8 Å². The van der Waals surface area contributed by atoms with Gasteiger partial charge in [0.25, 0.3) is 0 Å². The van der Waals surface area contributed by atoms with Crippen LogP contribution in [0, 0.1) is 12.7 Å². The minimum Gasteiger partial charge on any atom is -0.354 e. The highest BCUT2D eigenvalue weighted by Crippen LogP contribution is 2.21. The molecule has 0 aliphatic rings. The molecule has 2 rings (SSSR count). The SMILES string of the molecule is Cc1ccccc1N(CCNC(=O)Cc1ccccc1F)S(C)(=O)=O. The number of halogens is 1. The summed E-state index contributed by atoms with van der Waals surface area (Å²) in [6, 6.07) is 13.2. The molecule has 0 spiro atoms. The lowest BCUT2D eigenvalue weighted by molar-refractivity contribution is -0.120. The van der Waals surface area contributed by atoms with Crippen LogP contribution in [0.5, 0.6) is 0 Å². The van der Waals surface area contributed by atoms with E-state index in [1.165, 1.54) is 10.4 Å². The minimum atomic E-state index is -3.48. The van der Waals surface area contributed by atoms with Crippen LogP contribution in [-0.4, -0.2) is 33.7 Å². The van der Waals surface area contributed by atoms with Crippen molar-refractivity contribution in [3.63, 3.8) is 0 Å². The van der Waals surface area contributed by atoms with Crippen LogP contribution in [0.25, 0.3) is 0 Å². The number of nitrogens with one attached hydrogen (secondary N) is 1. The highest BCUT2D eigenvalue weighted by atomic mass is 32.2. The molecule has 1 amide bonds.